The summed E-state index contributed by atoms with van der Waals surface area (Å²) in [6.07, 6.45) is 59.1. The zero-order chi connectivity index (χ0) is 44.4. The van der Waals surface area contributed by atoms with Crippen molar-refractivity contribution in [1.82, 2.24) is 5.32 Å². The molecule has 0 spiro atoms. The van der Waals surface area contributed by atoms with E-state index in [2.05, 4.69) is 31.3 Å². The van der Waals surface area contributed by atoms with Gasteiger partial charge in [-0.1, -0.05) is 251 Å². The first-order chi connectivity index (χ1) is 30.0. The molecule has 0 aliphatic carbocycles. The summed E-state index contributed by atoms with van der Waals surface area (Å²) in [5, 5.41) is 23.1. The molecule has 0 aromatic rings. The van der Waals surface area contributed by atoms with Crippen molar-refractivity contribution in [3.8, 4) is 0 Å². The molecule has 3 N–H and O–H groups in total. The van der Waals surface area contributed by atoms with E-state index < -0.39 is 12.1 Å². The number of allylic oxidation sites excluding steroid dienone is 2. The number of carbonyl (C=O) groups is 2. The fourth-order valence-electron chi connectivity index (χ4n) is 8.58. The van der Waals surface area contributed by atoms with Gasteiger partial charge in [0, 0.05) is 12.8 Å². The molecule has 0 aliphatic rings. The molecule has 0 heterocycles. The predicted molar refractivity (Wildman–Crippen MR) is 264 cm³/mol. The van der Waals surface area contributed by atoms with Gasteiger partial charge >= 0.3 is 5.97 Å². The lowest BCUT2D eigenvalue weighted by molar-refractivity contribution is -0.143. The Labute approximate surface area is 380 Å². The second kappa shape index (κ2) is 51.2. The normalized spacial score (nSPS) is 12.7. The minimum atomic E-state index is -0.663. The van der Waals surface area contributed by atoms with E-state index in [1.165, 1.54) is 225 Å². The number of rotatable bonds is 51. The number of aliphatic hydroxyl groups excluding tert-OH is 2. The van der Waals surface area contributed by atoms with Crippen LogP contribution in [-0.2, 0) is 14.3 Å². The Kier molecular flexibility index (Phi) is 50.1. The number of carbonyl (C=O) groups excluding carboxylic acids is 2. The third-order valence-corrected chi connectivity index (χ3v) is 12.8. The minimum Gasteiger partial charge on any atom is -0.466 e. The molecule has 2 unspecified atom stereocenters. The number of ether oxygens (including phenoxy) is 1. The highest BCUT2D eigenvalue weighted by atomic mass is 16.5. The fourth-order valence-corrected chi connectivity index (χ4v) is 8.58. The molecule has 0 aromatic carbocycles. The first kappa shape index (κ1) is 59.6. The van der Waals surface area contributed by atoms with Gasteiger partial charge in [0.05, 0.1) is 25.4 Å². The molecular weight excluding hydrogens is 755 g/mol. The lowest BCUT2D eigenvalue weighted by Crippen LogP contribution is -2.45. The van der Waals surface area contributed by atoms with E-state index in [0.29, 0.717) is 25.9 Å². The summed E-state index contributed by atoms with van der Waals surface area (Å²) in [7, 11) is 0. The number of hydrogen-bond donors (Lipinski definition) is 3. The summed E-state index contributed by atoms with van der Waals surface area (Å²) in [6, 6.07) is -0.540. The van der Waals surface area contributed by atoms with Crippen molar-refractivity contribution in [1.29, 1.82) is 0 Å². The molecule has 0 aromatic heterocycles. The van der Waals surface area contributed by atoms with Gasteiger partial charge in [0.1, 0.15) is 0 Å². The maximum Gasteiger partial charge on any atom is 0.305 e. The number of esters is 1. The van der Waals surface area contributed by atoms with Crippen LogP contribution in [0.4, 0.5) is 0 Å². The molecule has 6 heteroatoms. The van der Waals surface area contributed by atoms with Gasteiger partial charge in [-0.05, 0) is 51.4 Å². The lowest BCUT2D eigenvalue weighted by Gasteiger charge is -2.22. The van der Waals surface area contributed by atoms with Gasteiger partial charge in [0.2, 0.25) is 5.91 Å². The maximum atomic E-state index is 12.4. The molecule has 0 aliphatic heterocycles. The SMILES string of the molecule is CCCCCCC/C=C\CCCCCCCC(=O)OCCCCCCCCCCCCCCCCCCCCCCC(=O)NC(CO)C(O)CCCCCCCCCCCC. The summed E-state index contributed by atoms with van der Waals surface area (Å²) in [5.74, 6) is -0.0357. The maximum absolute atomic E-state index is 12.4. The number of amides is 1. The van der Waals surface area contributed by atoms with Gasteiger partial charge in [0.25, 0.3) is 0 Å². The zero-order valence-corrected chi connectivity index (χ0v) is 41.2. The van der Waals surface area contributed by atoms with Crippen LogP contribution >= 0.6 is 0 Å². The summed E-state index contributed by atoms with van der Waals surface area (Å²) < 4.78 is 5.47. The minimum absolute atomic E-state index is 0.00217. The Hall–Kier alpha value is -1.40. The van der Waals surface area contributed by atoms with Crippen LogP contribution in [0.5, 0.6) is 0 Å². The van der Waals surface area contributed by atoms with Crippen molar-refractivity contribution < 1.29 is 24.5 Å². The van der Waals surface area contributed by atoms with Gasteiger partial charge in [-0.25, -0.2) is 0 Å². The highest BCUT2D eigenvalue weighted by Crippen LogP contribution is 2.17. The van der Waals surface area contributed by atoms with Crippen molar-refractivity contribution in [2.45, 2.75) is 315 Å². The Morgan fingerprint density at radius 1 is 0.443 bits per heavy atom. The topological polar surface area (TPSA) is 95.9 Å². The van der Waals surface area contributed by atoms with Crippen LogP contribution in [0.25, 0.3) is 0 Å². The van der Waals surface area contributed by atoms with Crippen LogP contribution in [-0.4, -0.2) is 47.4 Å². The highest BCUT2D eigenvalue weighted by molar-refractivity contribution is 5.76. The molecule has 1 amide bonds. The summed E-state index contributed by atoms with van der Waals surface area (Å²) in [6.45, 7) is 4.93. The molecular formula is C55H107NO5. The van der Waals surface area contributed by atoms with Crippen molar-refractivity contribution in [2.75, 3.05) is 13.2 Å². The van der Waals surface area contributed by atoms with Crippen molar-refractivity contribution >= 4 is 11.9 Å². The van der Waals surface area contributed by atoms with Gasteiger partial charge in [0.15, 0.2) is 0 Å². The van der Waals surface area contributed by atoms with Gasteiger partial charge in [-0.2, -0.15) is 0 Å². The summed E-state index contributed by atoms with van der Waals surface area (Å²) in [5.41, 5.74) is 0. The third-order valence-electron chi connectivity index (χ3n) is 12.8. The average Bonchev–Trinajstić information content (AvgIpc) is 3.26. The Morgan fingerprint density at radius 3 is 1.16 bits per heavy atom. The van der Waals surface area contributed by atoms with E-state index in [1.54, 1.807) is 0 Å². The van der Waals surface area contributed by atoms with Crippen LogP contribution in [0.3, 0.4) is 0 Å². The monoisotopic (exact) mass is 862 g/mol. The van der Waals surface area contributed by atoms with Crippen molar-refractivity contribution in [2.24, 2.45) is 0 Å². The largest absolute Gasteiger partial charge is 0.466 e. The van der Waals surface area contributed by atoms with E-state index >= 15 is 0 Å². The number of aliphatic hydroxyl groups is 2. The number of hydrogen-bond acceptors (Lipinski definition) is 5. The smallest absolute Gasteiger partial charge is 0.305 e. The average molecular weight is 862 g/mol. The third kappa shape index (κ3) is 47.9. The first-order valence-corrected chi connectivity index (χ1v) is 27.4. The number of unbranched alkanes of at least 4 members (excludes halogenated alkanes) is 38. The molecule has 0 saturated carbocycles. The van der Waals surface area contributed by atoms with E-state index in [0.717, 1.165) is 44.9 Å². The molecule has 0 fully saturated rings. The first-order valence-electron chi connectivity index (χ1n) is 27.4. The van der Waals surface area contributed by atoms with E-state index in [9.17, 15) is 19.8 Å². The van der Waals surface area contributed by atoms with Crippen LogP contribution in [0, 0.1) is 0 Å². The van der Waals surface area contributed by atoms with E-state index in [1.807, 2.05) is 0 Å². The molecule has 2 atom stereocenters. The Morgan fingerprint density at radius 2 is 0.770 bits per heavy atom. The summed E-state index contributed by atoms with van der Waals surface area (Å²) >= 11 is 0. The van der Waals surface area contributed by atoms with Gasteiger partial charge in [-0.15, -0.1) is 0 Å². The van der Waals surface area contributed by atoms with E-state index in [-0.39, 0.29) is 18.5 Å². The molecule has 362 valence electrons. The highest BCUT2D eigenvalue weighted by Gasteiger charge is 2.20. The Bertz CT molecular complexity index is 909. The van der Waals surface area contributed by atoms with Crippen molar-refractivity contribution in [3.05, 3.63) is 12.2 Å². The Balaban J connectivity index is 3.36. The lowest BCUT2D eigenvalue weighted by atomic mass is 10.0. The van der Waals surface area contributed by atoms with E-state index in [4.69, 9.17) is 4.74 Å². The van der Waals surface area contributed by atoms with Crippen molar-refractivity contribution in [3.63, 3.8) is 0 Å². The van der Waals surface area contributed by atoms with Crippen LogP contribution in [0.2, 0.25) is 0 Å². The summed E-state index contributed by atoms with van der Waals surface area (Å²) in [4.78, 5) is 24.4. The number of nitrogens with one attached hydrogen (secondary N) is 1. The van der Waals surface area contributed by atoms with Gasteiger partial charge in [-0.3, -0.25) is 9.59 Å². The molecule has 0 bridgehead atoms. The second-order valence-corrected chi connectivity index (χ2v) is 18.9. The molecule has 61 heavy (non-hydrogen) atoms. The molecule has 0 saturated heterocycles. The van der Waals surface area contributed by atoms with Crippen LogP contribution in [0.15, 0.2) is 12.2 Å². The zero-order valence-electron chi connectivity index (χ0n) is 41.2. The fraction of sp³-hybridized carbons (Fsp3) is 0.927. The molecule has 0 rings (SSSR count). The predicted octanol–water partition coefficient (Wildman–Crippen LogP) is 16.5. The van der Waals surface area contributed by atoms with Gasteiger partial charge < -0.3 is 20.3 Å². The quantitative estimate of drug-likeness (QED) is 0.0322. The van der Waals surface area contributed by atoms with Crippen LogP contribution < -0.4 is 5.32 Å². The second-order valence-electron chi connectivity index (χ2n) is 18.9. The standard InChI is InChI=1S/C55H107NO5/c1-3-5-7-9-11-13-15-16-26-29-33-37-41-45-49-55(60)61-50-46-42-38-34-30-27-24-22-20-18-17-19-21-23-25-28-32-36-40-44-48-54(59)56-52(51-57)53(58)47-43-39-35-31-14-12-10-8-6-4-2/h15-16,52-53,57-58H,3-14,17-51H2,1-2H3,(H,56,59)/b16-15-. The molecule has 0 radical (unpaired) electrons. The molecule has 6 nitrogen and oxygen atoms in total. The van der Waals surface area contributed by atoms with Crippen LogP contribution in [0.1, 0.15) is 303 Å².